The summed E-state index contributed by atoms with van der Waals surface area (Å²) in [5.41, 5.74) is 4.31. The van der Waals surface area contributed by atoms with Crippen molar-refractivity contribution >= 4 is 29.2 Å². The molecule has 2 heterocycles. The van der Waals surface area contributed by atoms with Gasteiger partial charge in [-0.05, 0) is 54.0 Å². The number of hydrogen-bond donors (Lipinski definition) is 2. The lowest BCUT2D eigenvalue weighted by Gasteiger charge is -2.42. The average Bonchev–Trinajstić information content (AvgIpc) is 2.72. The monoisotopic (exact) mass is 379 g/mol. The molecule has 2 aliphatic rings. The van der Waals surface area contributed by atoms with Gasteiger partial charge in [-0.1, -0.05) is 36.4 Å². The highest BCUT2D eigenvalue weighted by molar-refractivity contribution is 7.99. The summed E-state index contributed by atoms with van der Waals surface area (Å²) in [6, 6.07) is 16.3. The molecule has 2 aromatic rings. The fourth-order valence-electron chi connectivity index (χ4n) is 4.07. The first-order valence-corrected chi connectivity index (χ1v) is 10.6. The minimum Gasteiger partial charge on any atom is -0.355 e. The van der Waals surface area contributed by atoms with Crippen LogP contribution in [-0.4, -0.2) is 30.3 Å². The molecule has 4 rings (SSSR count). The van der Waals surface area contributed by atoms with E-state index in [4.69, 9.17) is 4.99 Å². The second-order valence-corrected chi connectivity index (χ2v) is 8.48. The van der Waals surface area contributed by atoms with Crippen LogP contribution in [0.5, 0.6) is 0 Å². The van der Waals surface area contributed by atoms with Gasteiger partial charge in [-0.25, -0.2) is 0 Å². The number of thioether (sulfide) groups is 1. The Balaban J connectivity index is 1.68. The summed E-state index contributed by atoms with van der Waals surface area (Å²) in [5, 5.41) is 6.35. The van der Waals surface area contributed by atoms with Crippen molar-refractivity contribution in [1.82, 2.24) is 5.32 Å². The first kappa shape index (κ1) is 18.1. The number of para-hydroxylation sites is 1. The van der Waals surface area contributed by atoms with Gasteiger partial charge in [-0.15, -0.1) is 0 Å². The summed E-state index contributed by atoms with van der Waals surface area (Å²) in [6.45, 7) is 0.517. The minimum atomic E-state index is -0.0588. The van der Waals surface area contributed by atoms with E-state index in [-0.39, 0.29) is 11.3 Å². The summed E-state index contributed by atoms with van der Waals surface area (Å²) in [7, 11) is 1.67. The van der Waals surface area contributed by atoms with Crippen LogP contribution in [0.1, 0.15) is 34.3 Å². The number of nitrogens with zero attached hydrogens (tertiary/aromatic N) is 1. The SMILES string of the molecule is CNC(=O)c1ccccc1CN=C1Nc2ccccc2CC12CCSCC2. The Morgan fingerprint density at radius 2 is 1.89 bits per heavy atom. The zero-order valence-corrected chi connectivity index (χ0v) is 16.4. The van der Waals surface area contributed by atoms with E-state index in [1.54, 1.807) is 7.05 Å². The smallest absolute Gasteiger partial charge is 0.251 e. The van der Waals surface area contributed by atoms with Gasteiger partial charge in [0.2, 0.25) is 0 Å². The molecule has 2 aromatic carbocycles. The molecule has 1 saturated heterocycles. The number of amides is 1. The van der Waals surface area contributed by atoms with Gasteiger partial charge in [-0.3, -0.25) is 9.79 Å². The summed E-state index contributed by atoms with van der Waals surface area (Å²) in [6.07, 6.45) is 3.34. The molecule has 0 atom stereocenters. The Morgan fingerprint density at radius 1 is 1.15 bits per heavy atom. The van der Waals surface area contributed by atoms with E-state index in [2.05, 4.69) is 34.9 Å². The molecular weight excluding hydrogens is 354 g/mol. The number of aliphatic imine (C=N–C) groups is 1. The molecule has 5 heteroatoms. The lowest BCUT2D eigenvalue weighted by Crippen LogP contribution is -2.44. The van der Waals surface area contributed by atoms with Crippen molar-refractivity contribution in [2.45, 2.75) is 25.8 Å². The van der Waals surface area contributed by atoms with Crippen LogP contribution in [0.25, 0.3) is 0 Å². The Bertz CT molecular complexity index is 871. The molecule has 1 fully saturated rings. The predicted octanol–water partition coefficient (Wildman–Crippen LogP) is 4.13. The molecule has 4 nitrogen and oxygen atoms in total. The molecule has 2 aliphatic heterocycles. The zero-order valence-electron chi connectivity index (χ0n) is 15.6. The first-order chi connectivity index (χ1) is 13.2. The summed E-state index contributed by atoms with van der Waals surface area (Å²) < 4.78 is 0. The van der Waals surface area contributed by atoms with Gasteiger partial charge in [-0.2, -0.15) is 11.8 Å². The molecule has 140 valence electrons. The molecule has 0 saturated carbocycles. The fourth-order valence-corrected chi connectivity index (χ4v) is 5.34. The van der Waals surface area contributed by atoms with Crippen molar-refractivity contribution in [3.63, 3.8) is 0 Å². The van der Waals surface area contributed by atoms with Gasteiger partial charge in [0, 0.05) is 23.7 Å². The molecule has 1 amide bonds. The second kappa shape index (κ2) is 7.77. The van der Waals surface area contributed by atoms with Crippen LogP contribution < -0.4 is 10.6 Å². The van der Waals surface area contributed by atoms with Gasteiger partial charge >= 0.3 is 0 Å². The number of anilines is 1. The third-order valence-corrected chi connectivity index (χ3v) is 6.63. The third-order valence-electron chi connectivity index (χ3n) is 5.65. The number of amidine groups is 1. The minimum absolute atomic E-state index is 0.0588. The van der Waals surface area contributed by atoms with E-state index >= 15 is 0 Å². The number of hydrogen-bond acceptors (Lipinski definition) is 3. The van der Waals surface area contributed by atoms with Crippen LogP contribution in [0.3, 0.4) is 0 Å². The normalized spacial score (nSPS) is 19.4. The molecule has 0 bridgehead atoms. The highest BCUT2D eigenvalue weighted by Crippen LogP contribution is 2.44. The average molecular weight is 380 g/mol. The molecule has 0 radical (unpaired) electrons. The Labute approximate surface area is 164 Å². The Hall–Kier alpha value is -2.27. The number of fused-ring (bicyclic) bond motifs is 1. The predicted molar refractivity (Wildman–Crippen MR) is 114 cm³/mol. The maximum absolute atomic E-state index is 12.2. The van der Waals surface area contributed by atoms with Crippen LogP contribution in [0.2, 0.25) is 0 Å². The lowest BCUT2D eigenvalue weighted by atomic mass is 9.73. The quantitative estimate of drug-likeness (QED) is 0.843. The highest BCUT2D eigenvalue weighted by atomic mass is 32.2. The van der Waals surface area contributed by atoms with Crippen LogP contribution in [0, 0.1) is 5.41 Å². The van der Waals surface area contributed by atoms with Crippen molar-refractivity contribution in [2.75, 3.05) is 23.9 Å². The molecule has 0 unspecified atom stereocenters. The molecule has 0 aromatic heterocycles. The van der Waals surface area contributed by atoms with Gasteiger partial charge in [0.25, 0.3) is 5.91 Å². The van der Waals surface area contributed by atoms with E-state index < -0.39 is 0 Å². The van der Waals surface area contributed by atoms with Gasteiger partial charge in [0.05, 0.1) is 6.54 Å². The van der Waals surface area contributed by atoms with E-state index in [0.717, 1.165) is 30.7 Å². The van der Waals surface area contributed by atoms with Crippen LogP contribution in [0.4, 0.5) is 5.69 Å². The second-order valence-electron chi connectivity index (χ2n) is 7.25. The number of carbonyl (C=O) groups excluding carboxylic acids is 1. The van der Waals surface area contributed by atoms with Crippen LogP contribution in [-0.2, 0) is 13.0 Å². The van der Waals surface area contributed by atoms with Crippen LogP contribution in [0.15, 0.2) is 53.5 Å². The number of benzene rings is 2. The van der Waals surface area contributed by atoms with Gasteiger partial charge < -0.3 is 10.6 Å². The highest BCUT2D eigenvalue weighted by Gasteiger charge is 2.41. The summed E-state index contributed by atoms with van der Waals surface area (Å²) in [4.78, 5) is 17.2. The van der Waals surface area contributed by atoms with Gasteiger partial charge in [0.15, 0.2) is 0 Å². The third kappa shape index (κ3) is 3.61. The molecular formula is C22H25N3OS. The maximum Gasteiger partial charge on any atom is 0.251 e. The first-order valence-electron chi connectivity index (χ1n) is 9.49. The summed E-state index contributed by atoms with van der Waals surface area (Å²) >= 11 is 2.03. The fraction of sp³-hybridized carbons (Fsp3) is 0.364. The van der Waals surface area contributed by atoms with Crippen LogP contribution >= 0.6 is 11.8 Å². The Morgan fingerprint density at radius 3 is 2.70 bits per heavy atom. The topological polar surface area (TPSA) is 53.5 Å². The van der Waals surface area contributed by atoms with E-state index in [1.165, 1.54) is 22.8 Å². The number of nitrogens with one attached hydrogen (secondary N) is 2. The van der Waals surface area contributed by atoms with E-state index in [9.17, 15) is 4.79 Å². The van der Waals surface area contributed by atoms with E-state index in [1.807, 2.05) is 36.0 Å². The standard InChI is InChI=1S/C22H25N3OS/c1-23-20(26)18-8-4-2-7-17(18)15-24-21-22(10-12-27-13-11-22)14-16-6-3-5-9-19(16)25-21/h2-9H,10-15H2,1H3,(H,23,26)(H,24,25). The number of carbonyl (C=O) groups is 1. The number of rotatable bonds is 3. The maximum atomic E-state index is 12.2. The van der Waals surface area contributed by atoms with Crippen molar-refractivity contribution in [3.05, 3.63) is 65.2 Å². The summed E-state index contributed by atoms with van der Waals surface area (Å²) in [5.74, 6) is 3.39. The van der Waals surface area contributed by atoms with E-state index in [0.29, 0.717) is 12.1 Å². The van der Waals surface area contributed by atoms with Crippen molar-refractivity contribution in [3.8, 4) is 0 Å². The van der Waals surface area contributed by atoms with Crippen molar-refractivity contribution < 1.29 is 4.79 Å². The largest absolute Gasteiger partial charge is 0.355 e. The van der Waals surface area contributed by atoms with Gasteiger partial charge in [0.1, 0.15) is 5.84 Å². The molecule has 27 heavy (non-hydrogen) atoms. The molecule has 0 aliphatic carbocycles. The van der Waals surface area contributed by atoms with Crippen molar-refractivity contribution in [1.29, 1.82) is 0 Å². The lowest BCUT2D eigenvalue weighted by molar-refractivity contribution is 0.0962. The molecule has 1 spiro atoms. The molecule has 2 N–H and O–H groups in total. The zero-order chi connectivity index (χ0) is 18.7. The Kier molecular flexibility index (Phi) is 5.21. The van der Waals surface area contributed by atoms with Crippen molar-refractivity contribution in [2.24, 2.45) is 10.4 Å².